The number of halogens is 2. The average molecular weight is 384 g/mol. The van der Waals surface area contributed by atoms with Gasteiger partial charge in [-0.15, -0.1) is 0 Å². The first-order valence-electron chi connectivity index (χ1n) is 6.94. The molecular weight excluding hydrogens is 369 g/mol. The van der Waals surface area contributed by atoms with Gasteiger partial charge in [-0.25, -0.2) is 0 Å². The van der Waals surface area contributed by atoms with Gasteiger partial charge in [0.05, 0.1) is 5.02 Å². The molecule has 1 amide bonds. The Morgan fingerprint density at radius 2 is 1.71 bits per heavy atom. The molecule has 2 rings (SSSR count). The van der Waals surface area contributed by atoms with E-state index in [1.54, 1.807) is 49.4 Å². The fourth-order valence-electron chi connectivity index (χ4n) is 1.84. The lowest BCUT2D eigenvalue weighted by Gasteiger charge is -2.16. The van der Waals surface area contributed by atoms with Crippen LogP contribution in [0.2, 0.25) is 10.0 Å². The Morgan fingerprint density at radius 1 is 1.12 bits per heavy atom. The minimum absolute atomic E-state index is 0.175. The molecule has 8 heteroatoms. The first kappa shape index (κ1) is 18.3. The number of hydrogen-bond donors (Lipinski definition) is 3. The van der Waals surface area contributed by atoms with Crippen molar-refractivity contribution in [1.29, 1.82) is 0 Å². The number of hydrogen-bond acceptors (Lipinski definition) is 3. The average Bonchev–Trinajstić information content (AvgIpc) is 2.51. The van der Waals surface area contributed by atoms with Crippen molar-refractivity contribution in [3.63, 3.8) is 0 Å². The van der Waals surface area contributed by atoms with Crippen molar-refractivity contribution >= 4 is 57.8 Å². The van der Waals surface area contributed by atoms with Crippen LogP contribution in [-0.2, 0) is 4.79 Å². The Kier molecular flexibility index (Phi) is 6.25. The summed E-state index contributed by atoms with van der Waals surface area (Å²) in [5, 5.41) is 6.56. The van der Waals surface area contributed by atoms with Crippen molar-refractivity contribution < 1.29 is 9.53 Å². The predicted molar refractivity (Wildman–Crippen MR) is 102 cm³/mol. The van der Waals surface area contributed by atoms with Crippen LogP contribution in [-0.4, -0.2) is 17.1 Å². The van der Waals surface area contributed by atoms with Gasteiger partial charge in [0.2, 0.25) is 0 Å². The highest BCUT2D eigenvalue weighted by molar-refractivity contribution is 7.80. The van der Waals surface area contributed by atoms with E-state index in [-0.39, 0.29) is 11.0 Å². The van der Waals surface area contributed by atoms with Crippen molar-refractivity contribution in [2.45, 2.75) is 13.0 Å². The molecule has 0 aliphatic carbocycles. The number of carbonyl (C=O) groups is 1. The molecule has 5 nitrogen and oxygen atoms in total. The van der Waals surface area contributed by atoms with Gasteiger partial charge in [-0.2, -0.15) is 0 Å². The summed E-state index contributed by atoms with van der Waals surface area (Å²) in [6, 6.07) is 11.7. The molecule has 0 aromatic heterocycles. The van der Waals surface area contributed by atoms with Gasteiger partial charge in [-0.05, 0) is 61.6 Å². The summed E-state index contributed by atoms with van der Waals surface area (Å²) in [6.07, 6.45) is -0.738. The van der Waals surface area contributed by atoms with Gasteiger partial charge in [-0.1, -0.05) is 23.2 Å². The number of nitrogens with two attached hydrogens (primary N) is 1. The zero-order valence-corrected chi connectivity index (χ0v) is 15.0. The zero-order chi connectivity index (χ0) is 17.7. The van der Waals surface area contributed by atoms with E-state index < -0.39 is 6.10 Å². The lowest BCUT2D eigenvalue weighted by molar-refractivity contribution is -0.122. The fraction of sp³-hybridized carbons (Fsp3) is 0.125. The number of thiocarbonyl (C=S) groups is 1. The third kappa shape index (κ3) is 5.26. The summed E-state index contributed by atoms with van der Waals surface area (Å²) in [5.41, 5.74) is 6.74. The quantitative estimate of drug-likeness (QED) is 0.678. The maximum atomic E-state index is 12.2. The van der Waals surface area contributed by atoms with E-state index >= 15 is 0 Å². The zero-order valence-electron chi connectivity index (χ0n) is 12.7. The molecule has 0 bridgehead atoms. The van der Waals surface area contributed by atoms with Crippen molar-refractivity contribution in [1.82, 2.24) is 0 Å². The van der Waals surface area contributed by atoms with E-state index in [0.717, 1.165) is 5.69 Å². The molecule has 1 atom stereocenters. The van der Waals surface area contributed by atoms with E-state index in [0.29, 0.717) is 21.5 Å². The summed E-state index contributed by atoms with van der Waals surface area (Å²) in [6.45, 7) is 1.63. The van der Waals surface area contributed by atoms with E-state index in [1.807, 2.05) is 0 Å². The lowest BCUT2D eigenvalue weighted by atomic mass is 10.2. The number of nitrogens with one attached hydrogen (secondary N) is 2. The minimum atomic E-state index is -0.738. The monoisotopic (exact) mass is 383 g/mol. The maximum Gasteiger partial charge on any atom is 0.265 e. The van der Waals surface area contributed by atoms with Gasteiger partial charge < -0.3 is 21.1 Å². The summed E-state index contributed by atoms with van der Waals surface area (Å²) < 4.78 is 5.56. The van der Waals surface area contributed by atoms with Gasteiger partial charge in [0, 0.05) is 16.4 Å². The van der Waals surface area contributed by atoms with Gasteiger partial charge in [0.25, 0.3) is 5.91 Å². The molecule has 0 saturated heterocycles. The molecule has 0 saturated carbocycles. The number of rotatable bonds is 5. The van der Waals surface area contributed by atoms with Gasteiger partial charge in [0.15, 0.2) is 11.2 Å². The summed E-state index contributed by atoms with van der Waals surface area (Å²) >= 11 is 16.6. The Morgan fingerprint density at radius 3 is 2.25 bits per heavy atom. The third-order valence-electron chi connectivity index (χ3n) is 2.99. The Balaban J connectivity index is 1.97. The molecule has 0 aliphatic heterocycles. The van der Waals surface area contributed by atoms with Crippen LogP contribution < -0.4 is 21.1 Å². The molecule has 4 N–H and O–H groups in total. The van der Waals surface area contributed by atoms with Gasteiger partial charge in [0.1, 0.15) is 5.75 Å². The standard InChI is InChI=1S/C16H15Cl2N3O2S/c1-9(23-14-7-2-10(17)8-13(14)18)15(22)20-11-3-5-12(6-4-11)21-16(19)24/h2-9H,1H3,(H,20,22)(H3,19,21,24)/t9-/m0/s1. The van der Waals surface area contributed by atoms with E-state index in [4.69, 9.17) is 45.9 Å². The highest BCUT2D eigenvalue weighted by Gasteiger charge is 2.16. The Bertz CT molecular complexity index is 753. The van der Waals surface area contributed by atoms with E-state index in [1.165, 1.54) is 0 Å². The number of anilines is 2. The van der Waals surface area contributed by atoms with Crippen LogP contribution in [0, 0.1) is 0 Å². The predicted octanol–water partition coefficient (Wildman–Crippen LogP) is 4.05. The number of benzene rings is 2. The van der Waals surface area contributed by atoms with Gasteiger partial charge in [-0.3, -0.25) is 4.79 Å². The van der Waals surface area contributed by atoms with Crippen LogP contribution in [0.5, 0.6) is 5.75 Å². The number of amides is 1. The number of ether oxygens (including phenoxy) is 1. The molecule has 0 heterocycles. The molecule has 2 aromatic carbocycles. The summed E-state index contributed by atoms with van der Waals surface area (Å²) in [5.74, 6) is 0.0794. The highest BCUT2D eigenvalue weighted by Crippen LogP contribution is 2.28. The van der Waals surface area contributed by atoms with E-state index in [2.05, 4.69) is 10.6 Å². The smallest absolute Gasteiger partial charge is 0.265 e. The molecule has 0 unspecified atom stereocenters. The largest absolute Gasteiger partial charge is 0.479 e. The first-order valence-corrected chi connectivity index (χ1v) is 8.10. The Labute approximate surface area is 155 Å². The van der Waals surface area contributed by atoms with Crippen LogP contribution >= 0.6 is 35.4 Å². The third-order valence-corrected chi connectivity index (χ3v) is 3.62. The molecular formula is C16H15Cl2N3O2S. The molecule has 2 aromatic rings. The van der Waals surface area contributed by atoms with Crippen molar-refractivity contribution in [2.24, 2.45) is 5.73 Å². The van der Waals surface area contributed by atoms with Crippen LogP contribution in [0.4, 0.5) is 11.4 Å². The summed E-state index contributed by atoms with van der Waals surface area (Å²) in [4.78, 5) is 12.2. The SMILES string of the molecule is C[C@H](Oc1ccc(Cl)cc1Cl)C(=O)Nc1ccc(NC(N)=S)cc1. The fourth-order valence-corrected chi connectivity index (χ4v) is 2.41. The normalized spacial score (nSPS) is 11.5. The summed E-state index contributed by atoms with van der Waals surface area (Å²) in [7, 11) is 0. The van der Waals surface area contributed by atoms with Crippen LogP contribution in [0.1, 0.15) is 6.92 Å². The first-order chi connectivity index (χ1) is 11.3. The van der Waals surface area contributed by atoms with Crippen molar-refractivity contribution in [2.75, 3.05) is 10.6 Å². The Hall–Kier alpha value is -2.02. The second-order valence-corrected chi connectivity index (χ2v) is 6.17. The maximum absolute atomic E-state index is 12.2. The molecule has 0 aliphatic rings. The van der Waals surface area contributed by atoms with Crippen molar-refractivity contribution in [3.8, 4) is 5.75 Å². The van der Waals surface area contributed by atoms with E-state index in [9.17, 15) is 4.79 Å². The minimum Gasteiger partial charge on any atom is -0.479 e. The molecule has 0 fully saturated rings. The number of carbonyl (C=O) groups excluding carboxylic acids is 1. The molecule has 0 spiro atoms. The molecule has 126 valence electrons. The van der Waals surface area contributed by atoms with Crippen LogP contribution in [0.3, 0.4) is 0 Å². The lowest BCUT2D eigenvalue weighted by Crippen LogP contribution is -2.30. The topological polar surface area (TPSA) is 76.4 Å². The van der Waals surface area contributed by atoms with Crippen LogP contribution in [0.25, 0.3) is 0 Å². The molecule has 0 radical (unpaired) electrons. The van der Waals surface area contributed by atoms with Crippen molar-refractivity contribution in [3.05, 3.63) is 52.5 Å². The second-order valence-electron chi connectivity index (χ2n) is 4.89. The highest BCUT2D eigenvalue weighted by atomic mass is 35.5. The second kappa shape index (κ2) is 8.19. The molecule has 24 heavy (non-hydrogen) atoms. The van der Waals surface area contributed by atoms with Gasteiger partial charge >= 0.3 is 0 Å². The van der Waals surface area contributed by atoms with Crippen LogP contribution in [0.15, 0.2) is 42.5 Å².